The number of fused-ring (bicyclic) bond motifs is 1. The van der Waals surface area contributed by atoms with Crippen LogP contribution in [0, 0.1) is 0 Å². The van der Waals surface area contributed by atoms with E-state index in [4.69, 9.17) is 9.72 Å². The van der Waals surface area contributed by atoms with Gasteiger partial charge in [-0.15, -0.1) is 0 Å². The molecule has 0 spiro atoms. The number of hydrogen-bond acceptors (Lipinski definition) is 3. The summed E-state index contributed by atoms with van der Waals surface area (Å²) in [7, 11) is 0. The first-order valence-electron chi connectivity index (χ1n) is 10.1. The number of aromatic nitrogens is 1. The minimum Gasteiger partial charge on any atom is -0.494 e. The van der Waals surface area contributed by atoms with Crippen LogP contribution in [0.4, 0.5) is 0 Å². The number of nitrogens with zero attached hydrogens (tertiary/aromatic N) is 1. The summed E-state index contributed by atoms with van der Waals surface area (Å²) in [6.07, 6.45) is 0. The van der Waals surface area contributed by atoms with Crippen LogP contribution in [0.25, 0.3) is 22.2 Å². The van der Waals surface area contributed by atoms with Crippen molar-refractivity contribution in [3.8, 4) is 17.0 Å². The smallest absolute Gasteiger partial charge is 0.252 e. The van der Waals surface area contributed by atoms with Crippen molar-refractivity contribution >= 4 is 16.8 Å². The minimum absolute atomic E-state index is 0.0976. The predicted molar refractivity (Wildman–Crippen MR) is 121 cm³/mol. The summed E-state index contributed by atoms with van der Waals surface area (Å²) in [5, 5.41) is 3.96. The Balaban J connectivity index is 1.70. The average molecular weight is 396 g/mol. The molecule has 0 saturated heterocycles. The third kappa shape index (κ3) is 4.18. The van der Waals surface area contributed by atoms with Crippen LogP contribution < -0.4 is 10.1 Å². The Bertz CT molecular complexity index is 1150. The third-order valence-electron chi connectivity index (χ3n) is 5.07. The Hall–Kier alpha value is -3.66. The molecule has 0 bridgehead atoms. The number of carbonyl (C=O) groups is 1. The molecular formula is C26H24N2O2. The van der Waals surface area contributed by atoms with E-state index < -0.39 is 0 Å². The van der Waals surface area contributed by atoms with E-state index in [0.29, 0.717) is 12.2 Å². The van der Waals surface area contributed by atoms with E-state index in [1.807, 2.05) is 98.8 Å². The Kier molecular flexibility index (Phi) is 5.75. The fourth-order valence-corrected chi connectivity index (χ4v) is 3.50. The van der Waals surface area contributed by atoms with Gasteiger partial charge in [0.1, 0.15) is 5.75 Å². The van der Waals surface area contributed by atoms with Crippen LogP contribution in [0.15, 0.2) is 84.9 Å². The van der Waals surface area contributed by atoms with E-state index in [1.165, 1.54) is 0 Å². The maximum atomic E-state index is 13.2. The Morgan fingerprint density at radius 3 is 2.40 bits per heavy atom. The molecule has 4 heteroatoms. The maximum Gasteiger partial charge on any atom is 0.252 e. The van der Waals surface area contributed by atoms with Crippen molar-refractivity contribution in [2.45, 2.75) is 19.9 Å². The van der Waals surface area contributed by atoms with Gasteiger partial charge in [0.15, 0.2) is 0 Å². The van der Waals surface area contributed by atoms with Gasteiger partial charge >= 0.3 is 0 Å². The topological polar surface area (TPSA) is 51.2 Å². The van der Waals surface area contributed by atoms with Crippen LogP contribution in [0.1, 0.15) is 35.8 Å². The molecule has 0 aliphatic heterocycles. The lowest BCUT2D eigenvalue weighted by Crippen LogP contribution is -2.27. The fraction of sp³-hybridized carbons (Fsp3) is 0.154. The summed E-state index contributed by atoms with van der Waals surface area (Å²) in [5.41, 5.74) is 4.17. The summed E-state index contributed by atoms with van der Waals surface area (Å²) in [5.74, 6) is 0.703. The van der Waals surface area contributed by atoms with Crippen molar-refractivity contribution in [1.82, 2.24) is 10.3 Å². The molecule has 0 fully saturated rings. The summed E-state index contributed by atoms with van der Waals surface area (Å²) in [4.78, 5) is 18.0. The molecule has 4 rings (SSSR count). The van der Waals surface area contributed by atoms with Crippen LogP contribution in [0.2, 0.25) is 0 Å². The van der Waals surface area contributed by atoms with Crippen molar-refractivity contribution < 1.29 is 9.53 Å². The standard InChI is InChI=1S/C26H24N2O2/c1-3-30-21-15-13-20(14-16-21)25-17-23(22-11-7-8-12-24(22)28-25)26(29)27-18(2)19-9-5-4-6-10-19/h4-18H,3H2,1-2H3,(H,27,29). The summed E-state index contributed by atoms with van der Waals surface area (Å²) in [6.45, 7) is 4.57. The normalized spacial score (nSPS) is 11.8. The molecular weight excluding hydrogens is 372 g/mol. The zero-order chi connectivity index (χ0) is 20.9. The van der Waals surface area contributed by atoms with Crippen molar-refractivity contribution in [3.05, 3.63) is 96.1 Å². The van der Waals surface area contributed by atoms with Gasteiger partial charge in [-0.3, -0.25) is 4.79 Å². The number of carbonyl (C=O) groups excluding carboxylic acids is 1. The highest BCUT2D eigenvalue weighted by atomic mass is 16.5. The van der Waals surface area contributed by atoms with E-state index in [-0.39, 0.29) is 11.9 Å². The van der Waals surface area contributed by atoms with E-state index in [0.717, 1.165) is 33.5 Å². The van der Waals surface area contributed by atoms with Gasteiger partial charge in [0.05, 0.1) is 29.4 Å². The molecule has 0 saturated carbocycles. The van der Waals surface area contributed by atoms with Crippen LogP contribution in [0.5, 0.6) is 5.75 Å². The number of ether oxygens (including phenoxy) is 1. The molecule has 1 N–H and O–H groups in total. The zero-order valence-corrected chi connectivity index (χ0v) is 17.1. The first-order chi connectivity index (χ1) is 14.7. The number of rotatable bonds is 6. The quantitative estimate of drug-likeness (QED) is 0.449. The molecule has 0 aliphatic carbocycles. The molecule has 150 valence electrons. The molecule has 0 aliphatic rings. The number of para-hydroxylation sites is 1. The summed E-state index contributed by atoms with van der Waals surface area (Å²) >= 11 is 0. The van der Waals surface area contributed by atoms with Gasteiger partial charge in [0, 0.05) is 10.9 Å². The van der Waals surface area contributed by atoms with Crippen LogP contribution >= 0.6 is 0 Å². The number of hydrogen-bond donors (Lipinski definition) is 1. The van der Waals surface area contributed by atoms with Crippen molar-refractivity contribution in [1.29, 1.82) is 0 Å². The SMILES string of the molecule is CCOc1ccc(-c2cc(C(=O)NC(C)c3ccccc3)c3ccccc3n2)cc1. The Labute approximate surface area is 176 Å². The molecule has 3 aromatic carbocycles. The van der Waals surface area contributed by atoms with Gasteiger partial charge in [-0.2, -0.15) is 0 Å². The van der Waals surface area contributed by atoms with Crippen LogP contribution in [-0.4, -0.2) is 17.5 Å². The van der Waals surface area contributed by atoms with Gasteiger partial charge in [0.2, 0.25) is 0 Å². The molecule has 1 unspecified atom stereocenters. The van der Waals surface area contributed by atoms with Gasteiger partial charge in [-0.05, 0) is 55.8 Å². The molecule has 0 radical (unpaired) electrons. The molecule has 1 aromatic heterocycles. The second kappa shape index (κ2) is 8.78. The van der Waals surface area contributed by atoms with Crippen molar-refractivity contribution in [2.75, 3.05) is 6.61 Å². The summed E-state index contributed by atoms with van der Waals surface area (Å²) < 4.78 is 5.53. The Morgan fingerprint density at radius 1 is 0.967 bits per heavy atom. The van der Waals surface area contributed by atoms with Gasteiger partial charge in [-0.1, -0.05) is 48.5 Å². The van der Waals surface area contributed by atoms with Gasteiger partial charge < -0.3 is 10.1 Å². The second-order valence-electron chi connectivity index (χ2n) is 7.14. The monoisotopic (exact) mass is 396 g/mol. The fourth-order valence-electron chi connectivity index (χ4n) is 3.50. The van der Waals surface area contributed by atoms with Crippen LogP contribution in [-0.2, 0) is 0 Å². The molecule has 1 amide bonds. The third-order valence-corrected chi connectivity index (χ3v) is 5.07. The lowest BCUT2D eigenvalue weighted by atomic mass is 10.0. The van der Waals surface area contributed by atoms with Crippen LogP contribution in [0.3, 0.4) is 0 Å². The van der Waals surface area contributed by atoms with Crippen molar-refractivity contribution in [3.63, 3.8) is 0 Å². The van der Waals surface area contributed by atoms with E-state index in [9.17, 15) is 4.79 Å². The number of pyridine rings is 1. The summed E-state index contributed by atoms with van der Waals surface area (Å²) in [6, 6.07) is 27.2. The lowest BCUT2D eigenvalue weighted by molar-refractivity contribution is 0.0941. The van der Waals surface area contributed by atoms with E-state index in [2.05, 4.69) is 5.32 Å². The van der Waals surface area contributed by atoms with Gasteiger partial charge in [0.25, 0.3) is 5.91 Å². The first kappa shape index (κ1) is 19.6. The maximum absolute atomic E-state index is 13.2. The average Bonchev–Trinajstić information content (AvgIpc) is 2.79. The minimum atomic E-state index is -0.114. The van der Waals surface area contributed by atoms with Crippen molar-refractivity contribution in [2.24, 2.45) is 0 Å². The highest BCUT2D eigenvalue weighted by Gasteiger charge is 2.16. The van der Waals surface area contributed by atoms with E-state index in [1.54, 1.807) is 0 Å². The second-order valence-corrected chi connectivity index (χ2v) is 7.14. The predicted octanol–water partition coefficient (Wildman–Crippen LogP) is 5.79. The molecule has 1 atom stereocenters. The highest BCUT2D eigenvalue weighted by Crippen LogP contribution is 2.27. The molecule has 30 heavy (non-hydrogen) atoms. The molecule has 4 aromatic rings. The zero-order valence-electron chi connectivity index (χ0n) is 17.1. The largest absolute Gasteiger partial charge is 0.494 e. The highest BCUT2D eigenvalue weighted by molar-refractivity contribution is 6.07. The number of amides is 1. The number of benzene rings is 3. The lowest BCUT2D eigenvalue weighted by Gasteiger charge is -2.16. The van der Waals surface area contributed by atoms with E-state index >= 15 is 0 Å². The number of nitrogens with one attached hydrogen (secondary N) is 1. The first-order valence-corrected chi connectivity index (χ1v) is 10.1. The molecule has 1 heterocycles. The van der Waals surface area contributed by atoms with Gasteiger partial charge in [-0.25, -0.2) is 4.98 Å². The molecule has 4 nitrogen and oxygen atoms in total. The Morgan fingerprint density at radius 2 is 1.67 bits per heavy atom.